The van der Waals surface area contributed by atoms with Crippen molar-refractivity contribution in [3.8, 4) is 0 Å². The van der Waals surface area contributed by atoms with Crippen LogP contribution in [0.1, 0.15) is 21.6 Å². The van der Waals surface area contributed by atoms with Gasteiger partial charge in [-0.15, -0.1) is 0 Å². The number of carbonyl (C=O) groups is 1. The molecule has 0 atom stereocenters. The zero-order chi connectivity index (χ0) is 18.4. The molecule has 0 saturated carbocycles. The quantitative estimate of drug-likeness (QED) is 0.662. The Morgan fingerprint density at radius 1 is 1.04 bits per heavy atom. The first-order valence-corrected chi connectivity index (χ1v) is 8.81. The fourth-order valence-corrected chi connectivity index (χ4v) is 2.71. The van der Waals surface area contributed by atoms with E-state index in [1.807, 2.05) is 61.5 Å². The van der Waals surface area contributed by atoms with Crippen LogP contribution in [0.4, 0.5) is 11.4 Å². The Labute approximate surface area is 158 Å². The number of aryl methyl sites for hydroxylation is 1. The van der Waals surface area contributed by atoms with Crippen molar-refractivity contribution in [2.45, 2.75) is 13.3 Å². The summed E-state index contributed by atoms with van der Waals surface area (Å²) in [6.45, 7) is 2.52. The number of benzene rings is 2. The molecule has 0 unspecified atom stereocenters. The molecule has 4 nitrogen and oxygen atoms in total. The van der Waals surface area contributed by atoms with E-state index in [2.05, 4.69) is 15.6 Å². The smallest absolute Gasteiger partial charge is 0.269 e. The van der Waals surface area contributed by atoms with Crippen LogP contribution >= 0.6 is 11.6 Å². The molecular formula is C21H20ClN3O. The van der Waals surface area contributed by atoms with Crippen molar-refractivity contribution in [1.82, 2.24) is 10.3 Å². The van der Waals surface area contributed by atoms with Crippen LogP contribution in [0.15, 0.2) is 66.9 Å². The number of rotatable bonds is 6. The summed E-state index contributed by atoms with van der Waals surface area (Å²) in [5.41, 5.74) is 4.23. The fraction of sp³-hybridized carbons (Fsp3) is 0.143. The van der Waals surface area contributed by atoms with Crippen molar-refractivity contribution in [2.24, 2.45) is 0 Å². The third kappa shape index (κ3) is 4.83. The van der Waals surface area contributed by atoms with Crippen LogP contribution in [0.25, 0.3) is 0 Å². The number of hydrogen-bond donors (Lipinski definition) is 2. The van der Waals surface area contributed by atoms with Gasteiger partial charge in [0, 0.05) is 29.1 Å². The highest BCUT2D eigenvalue weighted by atomic mass is 35.5. The van der Waals surface area contributed by atoms with Gasteiger partial charge in [-0.1, -0.05) is 48.0 Å². The van der Waals surface area contributed by atoms with Crippen LogP contribution in [0.2, 0.25) is 5.02 Å². The van der Waals surface area contributed by atoms with Gasteiger partial charge in [0.05, 0.1) is 0 Å². The van der Waals surface area contributed by atoms with E-state index in [1.165, 1.54) is 5.56 Å². The molecule has 132 valence electrons. The number of pyridine rings is 1. The normalized spacial score (nSPS) is 10.4. The minimum absolute atomic E-state index is 0.188. The molecule has 3 aromatic rings. The molecule has 0 aliphatic carbocycles. The van der Waals surface area contributed by atoms with Crippen LogP contribution in [-0.4, -0.2) is 17.4 Å². The molecular weight excluding hydrogens is 346 g/mol. The monoisotopic (exact) mass is 365 g/mol. The second-order valence-corrected chi connectivity index (χ2v) is 6.42. The lowest BCUT2D eigenvalue weighted by atomic mass is 10.1. The van der Waals surface area contributed by atoms with Crippen LogP contribution in [0.3, 0.4) is 0 Å². The second kappa shape index (κ2) is 8.50. The number of carbonyl (C=O) groups excluding carboxylic acids is 1. The number of nitrogens with one attached hydrogen (secondary N) is 2. The first-order chi connectivity index (χ1) is 12.6. The molecule has 2 aromatic carbocycles. The van der Waals surface area contributed by atoms with Gasteiger partial charge in [-0.25, -0.2) is 0 Å². The van der Waals surface area contributed by atoms with Gasteiger partial charge in [-0.3, -0.25) is 9.78 Å². The maximum atomic E-state index is 12.3. The Hall–Kier alpha value is -2.85. The first-order valence-electron chi connectivity index (χ1n) is 8.43. The topological polar surface area (TPSA) is 54.0 Å². The first kappa shape index (κ1) is 18.0. The third-order valence-electron chi connectivity index (χ3n) is 4.00. The standard InChI is InChI=1S/C21H20ClN3O/c1-15-7-8-17(13-19(15)22)25-18-10-12-23-20(14-18)21(26)24-11-9-16-5-3-2-4-6-16/h2-8,10,12-14H,9,11H2,1H3,(H,23,25)(H,24,26). The van der Waals surface area contributed by atoms with Gasteiger partial charge in [-0.2, -0.15) is 0 Å². The molecule has 0 fully saturated rings. The summed E-state index contributed by atoms with van der Waals surface area (Å²) >= 11 is 6.15. The molecule has 1 aromatic heterocycles. The molecule has 5 heteroatoms. The van der Waals surface area contributed by atoms with E-state index < -0.39 is 0 Å². The highest BCUT2D eigenvalue weighted by molar-refractivity contribution is 6.31. The van der Waals surface area contributed by atoms with Gasteiger partial charge >= 0.3 is 0 Å². The predicted octanol–water partition coefficient (Wildman–Crippen LogP) is 4.76. The molecule has 0 saturated heterocycles. The molecule has 0 radical (unpaired) electrons. The minimum Gasteiger partial charge on any atom is -0.355 e. The van der Waals surface area contributed by atoms with Gasteiger partial charge in [-0.05, 0) is 48.7 Å². The summed E-state index contributed by atoms with van der Waals surface area (Å²) in [6.07, 6.45) is 2.40. The average molecular weight is 366 g/mol. The van der Waals surface area contributed by atoms with Gasteiger partial charge in [0.1, 0.15) is 5.69 Å². The SMILES string of the molecule is Cc1ccc(Nc2ccnc(C(=O)NCCc3ccccc3)c2)cc1Cl. The Balaban J connectivity index is 1.60. The van der Waals surface area contributed by atoms with E-state index in [0.29, 0.717) is 17.3 Å². The number of halogens is 1. The maximum absolute atomic E-state index is 12.3. The van der Waals surface area contributed by atoms with Gasteiger partial charge in [0.25, 0.3) is 5.91 Å². The summed E-state index contributed by atoms with van der Waals surface area (Å²) in [5, 5.41) is 6.85. The van der Waals surface area contributed by atoms with Crippen molar-refractivity contribution in [3.63, 3.8) is 0 Å². The van der Waals surface area contributed by atoms with E-state index in [1.54, 1.807) is 12.3 Å². The van der Waals surface area contributed by atoms with Gasteiger partial charge in [0.2, 0.25) is 0 Å². The van der Waals surface area contributed by atoms with E-state index in [9.17, 15) is 4.79 Å². The highest BCUT2D eigenvalue weighted by Crippen LogP contribution is 2.23. The molecule has 3 rings (SSSR count). The van der Waals surface area contributed by atoms with E-state index in [0.717, 1.165) is 23.4 Å². The molecule has 0 aliphatic heterocycles. The van der Waals surface area contributed by atoms with Crippen molar-refractivity contribution >= 4 is 28.9 Å². The molecule has 0 aliphatic rings. The molecule has 2 N–H and O–H groups in total. The number of amides is 1. The largest absolute Gasteiger partial charge is 0.355 e. The minimum atomic E-state index is -0.188. The Morgan fingerprint density at radius 2 is 1.81 bits per heavy atom. The molecule has 0 bridgehead atoms. The lowest BCUT2D eigenvalue weighted by molar-refractivity contribution is 0.0949. The van der Waals surface area contributed by atoms with Crippen molar-refractivity contribution in [1.29, 1.82) is 0 Å². The lowest BCUT2D eigenvalue weighted by Crippen LogP contribution is -2.26. The third-order valence-corrected chi connectivity index (χ3v) is 4.40. The zero-order valence-electron chi connectivity index (χ0n) is 14.5. The molecule has 0 spiro atoms. The summed E-state index contributed by atoms with van der Waals surface area (Å²) in [7, 11) is 0. The summed E-state index contributed by atoms with van der Waals surface area (Å²) < 4.78 is 0. The number of aromatic nitrogens is 1. The molecule has 1 amide bonds. The fourth-order valence-electron chi connectivity index (χ4n) is 2.53. The summed E-state index contributed by atoms with van der Waals surface area (Å²) in [4.78, 5) is 16.5. The van der Waals surface area contributed by atoms with Gasteiger partial charge < -0.3 is 10.6 Å². The lowest BCUT2D eigenvalue weighted by Gasteiger charge is -2.10. The van der Waals surface area contributed by atoms with Crippen LogP contribution < -0.4 is 10.6 Å². The van der Waals surface area contributed by atoms with Crippen molar-refractivity contribution < 1.29 is 4.79 Å². The second-order valence-electron chi connectivity index (χ2n) is 6.01. The summed E-state index contributed by atoms with van der Waals surface area (Å²) in [6, 6.07) is 19.3. The number of hydrogen-bond acceptors (Lipinski definition) is 3. The Morgan fingerprint density at radius 3 is 2.58 bits per heavy atom. The summed E-state index contributed by atoms with van der Waals surface area (Å²) in [5.74, 6) is -0.188. The van der Waals surface area contributed by atoms with E-state index in [4.69, 9.17) is 11.6 Å². The van der Waals surface area contributed by atoms with Gasteiger partial charge in [0.15, 0.2) is 0 Å². The zero-order valence-corrected chi connectivity index (χ0v) is 15.3. The highest BCUT2D eigenvalue weighted by Gasteiger charge is 2.08. The Bertz CT molecular complexity index is 897. The average Bonchev–Trinajstić information content (AvgIpc) is 2.66. The van der Waals surface area contributed by atoms with Crippen molar-refractivity contribution in [3.05, 3.63) is 88.7 Å². The maximum Gasteiger partial charge on any atom is 0.269 e. The van der Waals surface area contributed by atoms with Crippen LogP contribution in [0, 0.1) is 6.92 Å². The number of anilines is 2. The van der Waals surface area contributed by atoms with Crippen LogP contribution in [-0.2, 0) is 6.42 Å². The van der Waals surface area contributed by atoms with E-state index >= 15 is 0 Å². The van der Waals surface area contributed by atoms with Crippen molar-refractivity contribution in [2.75, 3.05) is 11.9 Å². The Kier molecular flexibility index (Phi) is 5.87. The predicted molar refractivity (Wildman–Crippen MR) is 106 cm³/mol. The van der Waals surface area contributed by atoms with E-state index in [-0.39, 0.29) is 5.91 Å². The van der Waals surface area contributed by atoms with Crippen LogP contribution in [0.5, 0.6) is 0 Å². The molecule has 26 heavy (non-hydrogen) atoms. The number of nitrogens with zero attached hydrogens (tertiary/aromatic N) is 1. The molecule has 1 heterocycles.